The summed E-state index contributed by atoms with van der Waals surface area (Å²) in [6.07, 6.45) is 2.24. The van der Waals surface area contributed by atoms with Crippen LogP contribution in [0.4, 0.5) is 4.39 Å². The van der Waals surface area contributed by atoms with E-state index in [1.807, 2.05) is 24.3 Å². The Bertz CT molecular complexity index is 1800. The molecule has 5 heterocycles. The molecule has 4 aromatic rings. The normalized spacial score (nSPS) is 24.8. The number of nitrogens with one attached hydrogen (secondary N) is 2. The Morgan fingerprint density at radius 1 is 1.09 bits per heavy atom. The number of aliphatic hydroxyl groups excluding tert-OH is 1. The van der Waals surface area contributed by atoms with Gasteiger partial charge >= 0.3 is 0 Å². The minimum absolute atomic E-state index is 0.196. The van der Waals surface area contributed by atoms with Gasteiger partial charge in [-0.3, -0.25) is 10.3 Å². The van der Waals surface area contributed by atoms with Crippen molar-refractivity contribution in [1.82, 2.24) is 25.2 Å². The molecule has 0 amide bonds. The SMILES string of the molecule is CC1(c2ccc(Cl)cc2F)Oc2cccc(C3CCN(Cc4nc5cc(C6=NNC(O)N6)ccc5n4C[C@@H]4CCO4)CC3)c2O1. The smallest absolute Gasteiger partial charge is 0.278 e. The average Bonchev–Trinajstić information content (AvgIpc) is 3.69. The zero-order chi connectivity index (χ0) is 30.7. The molecule has 0 radical (unpaired) electrons. The molecule has 3 N–H and O–H groups in total. The lowest BCUT2D eigenvalue weighted by Gasteiger charge is -2.33. The second-order valence-electron chi connectivity index (χ2n) is 12.3. The van der Waals surface area contributed by atoms with Gasteiger partial charge in [-0.2, -0.15) is 5.10 Å². The van der Waals surface area contributed by atoms with Crippen LogP contribution in [-0.2, 0) is 23.6 Å². The number of benzene rings is 3. The summed E-state index contributed by atoms with van der Waals surface area (Å²) in [7, 11) is 0. The number of imidazole rings is 1. The van der Waals surface area contributed by atoms with Crippen LogP contribution in [0.3, 0.4) is 0 Å². The van der Waals surface area contributed by atoms with Crippen molar-refractivity contribution in [3.8, 4) is 11.5 Å². The monoisotopic (exact) mass is 632 g/mol. The van der Waals surface area contributed by atoms with E-state index < -0.39 is 18.0 Å². The maximum atomic E-state index is 14.9. The molecule has 45 heavy (non-hydrogen) atoms. The van der Waals surface area contributed by atoms with Crippen molar-refractivity contribution in [3.63, 3.8) is 0 Å². The molecule has 8 rings (SSSR count). The predicted molar refractivity (Wildman–Crippen MR) is 167 cm³/mol. The summed E-state index contributed by atoms with van der Waals surface area (Å²) in [6, 6.07) is 16.6. The fourth-order valence-corrected chi connectivity index (χ4v) is 6.95. The van der Waals surface area contributed by atoms with Gasteiger partial charge in [0, 0.05) is 29.7 Å². The largest absolute Gasteiger partial charge is 0.444 e. The lowest BCUT2D eigenvalue weighted by atomic mass is 9.88. The Morgan fingerprint density at radius 2 is 1.93 bits per heavy atom. The minimum atomic E-state index is -1.27. The van der Waals surface area contributed by atoms with Gasteiger partial charge in [-0.25, -0.2) is 9.37 Å². The summed E-state index contributed by atoms with van der Waals surface area (Å²) in [4.78, 5) is 7.53. The lowest BCUT2D eigenvalue weighted by molar-refractivity contribution is -0.0712. The number of para-hydroxylation sites is 1. The van der Waals surface area contributed by atoms with Crippen molar-refractivity contribution in [2.24, 2.45) is 5.10 Å². The first-order valence-electron chi connectivity index (χ1n) is 15.4. The molecular weight excluding hydrogens is 599 g/mol. The molecule has 3 aromatic carbocycles. The number of amidine groups is 1. The number of aromatic nitrogens is 2. The van der Waals surface area contributed by atoms with Gasteiger partial charge in [-0.05, 0) is 80.7 Å². The third-order valence-electron chi connectivity index (χ3n) is 9.28. The average molecular weight is 633 g/mol. The summed E-state index contributed by atoms with van der Waals surface area (Å²) in [6.45, 7) is 5.84. The molecular formula is C33H34ClFN6O4. The van der Waals surface area contributed by atoms with Crippen LogP contribution in [-0.4, -0.2) is 57.5 Å². The van der Waals surface area contributed by atoms with E-state index in [9.17, 15) is 9.50 Å². The molecule has 0 bridgehead atoms. The van der Waals surface area contributed by atoms with E-state index in [4.69, 9.17) is 30.8 Å². The quantitative estimate of drug-likeness (QED) is 0.268. The molecule has 2 fully saturated rings. The van der Waals surface area contributed by atoms with Crippen molar-refractivity contribution in [3.05, 3.63) is 88.0 Å². The molecule has 4 aliphatic heterocycles. The number of rotatable bonds is 7. The van der Waals surface area contributed by atoms with Crippen molar-refractivity contribution >= 4 is 28.5 Å². The van der Waals surface area contributed by atoms with Crippen molar-refractivity contribution in [1.29, 1.82) is 0 Å². The van der Waals surface area contributed by atoms with Gasteiger partial charge in [-0.15, -0.1) is 0 Å². The highest BCUT2D eigenvalue weighted by Gasteiger charge is 2.43. The summed E-state index contributed by atoms with van der Waals surface area (Å²) >= 11 is 5.99. The molecule has 234 valence electrons. The van der Waals surface area contributed by atoms with E-state index in [1.165, 1.54) is 6.07 Å². The molecule has 2 saturated heterocycles. The van der Waals surface area contributed by atoms with Crippen LogP contribution in [0.25, 0.3) is 11.0 Å². The van der Waals surface area contributed by atoms with Crippen LogP contribution in [0.5, 0.6) is 11.5 Å². The molecule has 10 nitrogen and oxygen atoms in total. The number of piperidine rings is 1. The number of ether oxygens (including phenoxy) is 3. The fraction of sp³-hybridized carbons (Fsp3) is 0.394. The number of likely N-dealkylation sites (tertiary alicyclic amines) is 1. The van der Waals surface area contributed by atoms with Gasteiger partial charge in [0.05, 0.1) is 35.8 Å². The first-order chi connectivity index (χ1) is 21.8. The number of aliphatic hydroxyl groups is 1. The van der Waals surface area contributed by atoms with Crippen LogP contribution in [0.2, 0.25) is 5.02 Å². The zero-order valence-electron chi connectivity index (χ0n) is 24.8. The first kappa shape index (κ1) is 28.6. The van der Waals surface area contributed by atoms with Gasteiger partial charge in [0.2, 0.25) is 6.35 Å². The number of nitrogens with zero attached hydrogens (tertiary/aromatic N) is 4. The minimum Gasteiger partial charge on any atom is -0.444 e. The summed E-state index contributed by atoms with van der Waals surface area (Å²) in [5.41, 5.74) is 6.84. The second-order valence-corrected chi connectivity index (χ2v) is 12.7. The van der Waals surface area contributed by atoms with E-state index in [0.29, 0.717) is 27.9 Å². The fourth-order valence-electron chi connectivity index (χ4n) is 6.79. The van der Waals surface area contributed by atoms with E-state index in [0.717, 1.165) is 80.0 Å². The third kappa shape index (κ3) is 5.27. The molecule has 0 aliphatic carbocycles. The topological polar surface area (TPSA) is 105 Å². The third-order valence-corrected chi connectivity index (χ3v) is 9.51. The van der Waals surface area contributed by atoms with Crippen LogP contribution < -0.4 is 20.2 Å². The van der Waals surface area contributed by atoms with Crippen molar-refractivity contribution in [2.45, 2.75) is 63.4 Å². The summed E-state index contributed by atoms with van der Waals surface area (Å²) in [5, 5.41) is 17.2. The Kier molecular flexibility index (Phi) is 7.09. The number of halogens is 2. The molecule has 1 aromatic heterocycles. The van der Waals surface area contributed by atoms with Crippen molar-refractivity contribution < 1.29 is 23.7 Å². The summed E-state index contributed by atoms with van der Waals surface area (Å²) in [5.74, 6) is 1.47. The van der Waals surface area contributed by atoms with Gasteiger partial charge in [0.25, 0.3) is 5.79 Å². The van der Waals surface area contributed by atoms with Crippen LogP contribution in [0.1, 0.15) is 54.6 Å². The van der Waals surface area contributed by atoms with Crippen molar-refractivity contribution in [2.75, 3.05) is 19.7 Å². The maximum Gasteiger partial charge on any atom is 0.278 e. The molecule has 12 heteroatoms. The Labute approximate surface area is 264 Å². The molecule has 2 unspecified atom stereocenters. The molecule has 4 aliphatic rings. The van der Waals surface area contributed by atoms with Gasteiger partial charge < -0.3 is 29.2 Å². The maximum absolute atomic E-state index is 14.9. The lowest BCUT2D eigenvalue weighted by Crippen LogP contribution is -2.35. The van der Waals surface area contributed by atoms with E-state index in [1.54, 1.807) is 19.1 Å². The number of hydrogen-bond donors (Lipinski definition) is 3. The molecule has 0 saturated carbocycles. The Balaban J connectivity index is 0.992. The van der Waals surface area contributed by atoms with Gasteiger partial charge in [0.15, 0.2) is 17.3 Å². The van der Waals surface area contributed by atoms with Gasteiger partial charge in [0.1, 0.15) is 11.6 Å². The van der Waals surface area contributed by atoms with Gasteiger partial charge in [-0.1, -0.05) is 23.7 Å². The first-order valence-corrected chi connectivity index (χ1v) is 15.8. The predicted octanol–water partition coefficient (Wildman–Crippen LogP) is 4.77. The molecule has 3 atom stereocenters. The summed E-state index contributed by atoms with van der Waals surface area (Å²) < 4.78 is 35.5. The number of hydrazone groups is 1. The van der Waals surface area contributed by atoms with E-state index >= 15 is 0 Å². The second kappa shape index (κ2) is 11.2. The highest BCUT2D eigenvalue weighted by Crippen LogP contribution is 2.50. The highest BCUT2D eigenvalue weighted by atomic mass is 35.5. The zero-order valence-corrected chi connectivity index (χ0v) is 25.6. The van der Waals surface area contributed by atoms with Crippen LogP contribution >= 0.6 is 11.6 Å². The van der Waals surface area contributed by atoms with E-state index in [-0.39, 0.29) is 12.0 Å². The Morgan fingerprint density at radius 3 is 2.67 bits per heavy atom. The molecule has 0 spiro atoms. The van der Waals surface area contributed by atoms with Crippen LogP contribution in [0.15, 0.2) is 59.7 Å². The number of fused-ring (bicyclic) bond motifs is 2. The number of hydrogen-bond acceptors (Lipinski definition) is 9. The standard InChI is InChI=1S/C33H34ClFN6O4/c1-33(24-7-6-21(34)16-25(24)35)44-28-4-2-3-23(30(28)45-33)19-9-12-40(13-10-19)18-29-36-26-15-20(31-37-32(42)39-38-31)5-8-27(26)41(29)17-22-11-14-43-22/h2-8,15-16,19,22,32,39,42H,9-14,17-18H2,1H3,(H,37,38)/t22-,32?,33?/m0/s1. The van der Waals surface area contributed by atoms with Crippen LogP contribution in [0, 0.1) is 5.82 Å². The van der Waals surface area contributed by atoms with E-state index in [2.05, 4.69) is 37.4 Å². The Hall–Kier alpha value is -3.90. The highest BCUT2D eigenvalue weighted by molar-refractivity contribution is 6.30.